The summed E-state index contributed by atoms with van der Waals surface area (Å²) in [5, 5.41) is 0. The highest BCUT2D eigenvalue weighted by Crippen LogP contribution is 2.32. The minimum absolute atomic E-state index is 0.309. The Bertz CT molecular complexity index is 248. The van der Waals surface area contributed by atoms with E-state index in [4.69, 9.17) is 0 Å². The normalized spacial score (nSPS) is 24.3. The lowest BCUT2D eigenvalue weighted by molar-refractivity contribution is -0.120. The van der Waals surface area contributed by atoms with E-state index in [1.165, 1.54) is 5.57 Å². The number of ketones is 2. The molecule has 0 aliphatic heterocycles. The van der Waals surface area contributed by atoms with Crippen molar-refractivity contribution in [2.45, 2.75) is 38.5 Å². The van der Waals surface area contributed by atoms with E-state index in [0.29, 0.717) is 37.2 Å². The molecule has 0 bridgehead atoms. The second-order valence-electron chi connectivity index (χ2n) is 3.64. The van der Waals surface area contributed by atoms with E-state index < -0.39 is 0 Å². The van der Waals surface area contributed by atoms with Crippen LogP contribution in [0.15, 0.2) is 11.1 Å². The number of hydrogen-bond acceptors (Lipinski definition) is 2. The first-order chi connectivity index (χ1) is 5.75. The van der Waals surface area contributed by atoms with E-state index in [-0.39, 0.29) is 0 Å². The van der Waals surface area contributed by atoms with Gasteiger partial charge in [-0.1, -0.05) is 11.1 Å². The zero-order valence-corrected chi connectivity index (χ0v) is 7.06. The van der Waals surface area contributed by atoms with Gasteiger partial charge in [0.25, 0.3) is 0 Å². The van der Waals surface area contributed by atoms with E-state index in [9.17, 15) is 9.59 Å². The molecule has 0 heterocycles. The Morgan fingerprint density at radius 1 is 0.667 bits per heavy atom. The monoisotopic (exact) mass is 164 g/mol. The average Bonchev–Trinajstić information content (AvgIpc) is 2.03. The Hall–Kier alpha value is -0.920. The summed E-state index contributed by atoms with van der Waals surface area (Å²) in [5.74, 6) is 0.618. The molecule has 0 saturated carbocycles. The lowest BCUT2D eigenvalue weighted by Gasteiger charge is -2.23. The smallest absolute Gasteiger partial charge is 0.137 e. The molecule has 2 nitrogen and oxygen atoms in total. The fraction of sp³-hybridized carbons (Fsp3) is 0.600. The summed E-state index contributed by atoms with van der Waals surface area (Å²) in [7, 11) is 0. The first-order valence-corrected chi connectivity index (χ1v) is 4.49. The Kier molecular flexibility index (Phi) is 1.83. The van der Waals surface area contributed by atoms with Crippen LogP contribution in [0.5, 0.6) is 0 Å². The van der Waals surface area contributed by atoms with Crippen molar-refractivity contribution < 1.29 is 9.59 Å². The quantitative estimate of drug-likeness (QED) is 0.511. The molecule has 64 valence electrons. The fourth-order valence-corrected chi connectivity index (χ4v) is 2.02. The van der Waals surface area contributed by atoms with Crippen molar-refractivity contribution >= 4 is 11.6 Å². The molecule has 0 aromatic rings. The maximum Gasteiger partial charge on any atom is 0.137 e. The molecule has 0 aromatic heterocycles. The van der Waals surface area contributed by atoms with Crippen LogP contribution >= 0.6 is 0 Å². The van der Waals surface area contributed by atoms with E-state index in [2.05, 4.69) is 0 Å². The van der Waals surface area contributed by atoms with Crippen molar-refractivity contribution in [1.29, 1.82) is 0 Å². The van der Waals surface area contributed by atoms with Gasteiger partial charge in [-0.05, 0) is 12.8 Å². The fourth-order valence-electron chi connectivity index (χ4n) is 2.02. The molecule has 2 aliphatic rings. The molecule has 0 amide bonds. The molecule has 12 heavy (non-hydrogen) atoms. The van der Waals surface area contributed by atoms with Gasteiger partial charge in [0.1, 0.15) is 11.6 Å². The SMILES string of the molecule is O=C1CCC2=C(C1)CC(=O)CC2. The highest BCUT2D eigenvalue weighted by molar-refractivity contribution is 5.88. The minimum Gasteiger partial charge on any atom is -0.299 e. The predicted molar refractivity (Wildman–Crippen MR) is 44.7 cm³/mol. The number of Topliss-reactive ketones (excluding diaryl/α,β-unsaturated/α-hetero) is 2. The molecule has 0 unspecified atom stereocenters. The highest BCUT2D eigenvalue weighted by atomic mass is 16.1. The lowest BCUT2D eigenvalue weighted by Crippen LogP contribution is -2.17. The summed E-state index contributed by atoms with van der Waals surface area (Å²) in [5.41, 5.74) is 2.54. The zero-order valence-electron chi connectivity index (χ0n) is 7.06. The molecular formula is C10H12O2. The van der Waals surface area contributed by atoms with Gasteiger partial charge in [-0.2, -0.15) is 0 Å². The van der Waals surface area contributed by atoms with Crippen molar-refractivity contribution in [3.8, 4) is 0 Å². The van der Waals surface area contributed by atoms with Gasteiger partial charge in [-0.3, -0.25) is 9.59 Å². The van der Waals surface area contributed by atoms with Crippen molar-refractivity contribution in [1.82, 2.24) is 0 Å². The molecule has 2 aliphatic carbocycles. The number of allylic oxidation sites excluding steroid dienone is 2. The molecule has 0 spiro atoms. The zero-order chi connectivity index (χ0) is 8.55. The second kappa shape index (κ2) is 2.85. The van der Waals surface area contributed by atoms with Crippen LogP contribution in [-0.2, 0) is 9.59 Å². The summed E-state index contributed by atoms with van der Waals surface area (Å²) in [6.07, 6.45) is 4.35. The van der Waals surface area contributed by atoms with Gasteiger partial charge in [0.15, 0.2) is 0 Å². The molecule has 0 aromatic carbocycles. The summed E-state index contributed by atoms with van der Waals surface area (Å²) in [4.78, 5) is 22.2. The average molecular weight is 164 g/mol. The van der Waals surface area contributed by atoms with Crippen molar-refractivity contribution in [3.05, 3.63) is 11.1 Å². The van der Waals surface area contributed by atoms with Crippen molar-refractivity contribution in [3.63, 3.8) is 0 Å². The largest absolute Gasteiger partial charge is 0.299 e. The molecule has 2 heteroatoms. The third-order valence-electron chi connectivity index (χ3n) is 2.73. The number of hydrogen-bond donors (Lipinski definition) is 0. The van der Waals surface area contributed by atoms with Crippen LogP contribution in [0, 0.1) is 0 Å². The molecule has 0 N–H and O–H groups in total. The maximum absolute atomic E-state index is 11.1. The Morgan fingerprint density at radius 3 is 1.67 bits per heavy atom. The first kappa shape index (κ1) is 7.71. The molecule has 0 radical (unpaired) electrons. The number of carbonyl (C=O) groups is 2. The van der Waals surface area contributed by atoms with Crippen LogP contribution in [0.3, 0.4) is 0 Å². The summed E-state index contributed by atoms with van der Waals surface area (Å²) in [6.45, 7) is 0. The molecule has 0 fully saturated rings. The summed E-state index contributed by atoms with van der Waals surface area (Å²) in [6, 6.07) is 0. The Labute approximate surface area is 71.6 Å². The van der Waals surface area contributed by atoms with Gasteiger partial charge in [0.05, 0.1) is 0 Å². The standard InChI is InChI=1S/C10H12O2/c11-9-3-1-7-2-4-10(12)6-8(7)5-9/h1-6H2. The van der Waals surface area contributed by atoms with Crippen molar-refractivity contribution in [2.75, 3.05) is 0 Å². The lowest BCUT2D eigenvalue weighted by atomic mass is 9.81. The van der Waals surface area contributed by atoms with E-state index in [0.717, 1.165) is 18.4 Å². The maximum atomic E-state index is 11.1. The third-order valence-corrected chi connectivity index (χ3v) is 2.73. The van der Waals surface area contributed by atoms with Gasteiger partial charge >= 0.3 is 0 Å². The third kappa shape index (κ3) is 1.33. The van der Waals surface area contributed by atoms with Gasteiger partial charge < -0.3 is 0 Å². The second-order valence-corrected chi connectivity index (χ2v) is 3.64. The van der Waals surface area contributed by atoms with Crippen molar-refractivity contribution in [2.24, 2.45) is 0 Å². The topological polar surface area (TPSA) is 34.1 Å². The van der Waals surface area contributed by atoms with E-state index >= 15 is 0 Å². The van der Waals surface area contributed by atoms with Crippen LogP contribution in [0.4, 0.5) is 0 Å². The molecule has 0 atom stereocenters. The molecular weight excluding hydrogens is 152 g/mol. The molecule has 2 rings (SSSR count). The van der Waals surface area contributed by atoms with E-state index in [1.54, 1.807) is 0 Å². The van der Waals surface area contributed by atoms with Crippen LogP contribution in [-0.4, -0.2) is 11.6 Å². The van der Waals surface area contributed by atoms with Crippen LogP contribution < -0.4 is 0 Å². The van der Waals surface area contributed by atoms with Gasteiger partial charge in [-0.15, -0.1) is 0 Å². The van der Waals surface area contributed by atoms with E-state index in [1.807, 2.05) is 0 Å². The minimum atomic E-state index is 0.309. The first-order valence-electron chi connectivity index (χ1n) is 4.49. The van der Waals surface area contributed by atoms with Crippen LogP contribution in [0.2, 0.25) is 0 Å². The number of rotatable bonds is 0. The van der Waals surface area contributed by atoms with Gasteiger partial charge in [0.2, 0.25) is 0 Å². The number of carbonyl (C=O) groups excluding carboxylic acids is 2. The molecule has 0 saturated heterocycles. The predicted octanol–water partition coefficient (Wildman–Crippen LogP) is 1.79. The van der Waals surface area contributed by atoms with Crippen LogP contribution in [0.1, 0.15) is 38.5 Å². The van der Waals surface area contributed by atoms with Crippen LogP contribution in [0.25, 0.3) is 0 Å². The Balaban J connectivity index is 2.22. The summed E-state index contributed by atoms with van der Waals surface area (Å²) < 4.78 is 0. The van der Waals surface area contributed by atoms with Gasteiger partial charge in [-0.25, -0.2) is 0 Å². The summed E-state index contributed by atoms with van der Waals surface area (Å²) >= 11 is 0. The Morgan fingerprint density at radius 2 is 1.17 bits per heavy atom. The van der Waals surface area contributed by atoms with Gasteiger partial charge in [0, 0.05) is 25.7 Å². The highest BCUT2D eigenvalue weighted by Gasteiger charge is 2.23.